The number of ether oxygens (including phenoxy) is 1. The summed E-state index contributed by atoms with van der Waals surface area (Å²) in [6.07, 6.45) is 1.04. The molecule has 0 aromatic heterocycles. The molecule has 1 heterocycles. The van der Waals surface area contributed by atoms with Crippen LogP contribution in [0, 0.1) is 6.92 Å². The number of aryl methyl sites for hydroxylation is 1. The molecule has 1 fully saturated rings. The van der Waals surface area contributed by atoms with E-state index in [0.29, 0.717) is 5.92 Å². The van der Waals surface area contributed by atoms with Gasteiger partial charge in [-0.3, -0.25) is 0 Å². The summed E-state index contributed by atoms with van der Waals surface area (Å²) in [5.74, 6) is 1.37. The van der Waals surface area contributed by atoms with Gasteiger partial charge in [-0.15, -0.1) is 0 Å². The largest absolute Gasteiger partial charge is 0.497 e. The van der Waals surface area contributed by atoms with Gasteiger partial charge in [0, 0.05) is 30.7 Å². The normalized spacial score (nSPS) is 21.7. The van der Waals surface area contributed by atoms with E-state index in [1.807, 2.05) is 12.1 Å². The minimum atomic E-state index is 0.210. The van der Waals surface area contributed by atoms with Crippen molar-refractivity contribution in [2.45, 2.75) is 25.3 Å². The molecule has 0 bridgehead atoms. The van der Waals surface area contributed by atoms with Gasteiger partial charge in [0.1, 0.15) is 5.75 Å². The molecular weight excluding hydrogens is 272 g/mol. The third kappa shape index (κ3) is 3.25. The molecule has 0 spiro atoms. The Morgan fingerprint density at radius 2 is 1.68 bits per heavy atom. The Hall–Kier alpha value is -2.00. The average molecular weight is 296 g/mol. The highest BCUT2D eigenvalue weighted by molar-refractivity contribution is 5.49. The van der Waals surface area contributed by atoms with E-state index in [1.165, 1.54) is 16.8 Å². The van der Waals surface area contributed by atoms with Gasteiger partial charge in [0.25, 0.3) is 0 Å². The van der Waals surface area contributed by atoms with Crippen LogP contribution in [0.4, 0.5) is 5.69 Å². The minimum Gasteiger partial charge on any atom is -0.497 e. The Morgan fingerprint density at radius 3 is 2.32 bits per heavy atom. The van der Waals surface area contributed by atoms with Crippen LogP contribution in [0.3, 0.4) is 0 Å². The van der Waals surface area contributed by atoms with E-state index in [4.69, 9.17) is 10.5 Å². The predicted molar refractivity (Wildman–Crippen MR) is 91.7 cm³/mol. The van der Waals surface area contributed by atoms with Crippen LogP contribution in [0.25, 0.3) is 0 Å². The van der Waals surface area contributed by atoms with E-state index in [9.17, 15) is 0 Å². The fourth-order valence-electron chi connectivity index (χ4n) is 3.22. The van der Waals surface area contributed by atoms with E-state index in [0.717, 1.165) is 25.3 Å². The van der Waals surface area contributed by atoms with Crippen LogP contribution in [0.2, 0.25) is 0 Å². The van der Waals surface area contributed by atoms with Crippen molar-refractivity contribution in [3.63, 3.8) is 0 Å². The molecule has 1 aliphatic rings. The third-order valence-electron chi connectivity index (χ3n) is 4.47. The van der Waals surface area contributed by atoms with Gasteiger partial charge in [-0.05, 0) is 43.2 Å². The summed E-state index contributed by atoms with van der Waals surface area (Å²) in [5.41, 5.74) is 10.2. The molecule has 116 valence electrons. The van der Waals surface area contributed by atoms with E-state index in [1.54, 1.807) is 7.11 Å². The maximum atomic E-state index is 6.31. The van der Waals surface area contributed by atoms with Crippen molar-refractivity contribution in [1.29, 1.82) is 0 Å². The molecule has 0 amide bonds. The van der Waals surface area contributed by atoms with Crippen molar-refractivity contribution >= 4 is 5.69 Å². The van der Waals surface area contributed by atoms with Crippen LogP contribution in [-0.2, 0) is 0 Å². The van der Waals surface area contributed by atoms with Crippen molar-refractivity contribution in [2.24, 2.45) is 5.73 Å². The molecular formula is C19H24N2O. The molecule has 1 aliphatic heterocycles. The first kappa shape index (κ1) is 14.9. The second kappa shape index (κ2) is 6.41. The third-order valence-corrected chi connectivity index (χ3v) is 4.47. The van der Waals surface area contributed by atoms with Gasteiger partial charge >= 0.3 is 0 Å². The zero-order valence-corrected chi connectivity index (χ0v) is 13.3. The Balaban J connectivity index is 1.79. The Bertz CT molecular complexity index is 606. The Labute approximate surface area is 132 Å². The quantitative estimate of drug-likeness (QED) is 0.944. The van der Waals surface area contributed by atoms with Crippen molar-refractivity contribution in [3.05, 3.63) is 59.7 Å². The van der Waals surface area contributed by atoms with E-state index in [-0.39, 0.29) is 6.04 Å². The first-order chi connectivity index (χ1) is 10.7. The molecule has 2 N–H and O–H groups in total. The Morgan fingerprint density at radius 1 is 1.00 bits per heavy atom. The lowest BCUT2D eigenvalue weighted by atomic mass is 9.88. The van der Waals surface area contributed by atoms with Gasteiger partial charge < -0.3 is 15.4 Å². The lowest BCUT2D eigenvalue weighted by molar-refractivity contribution is 0.413. The molecule has 2 unspecified atom stereocenters. The maximum Gasteiger partial charge on any atom is 0.118 e. The molecule has 0 radical (unpaired) electrons. The summed E-state index contributed by atoms with van der Waals surface area (Å²) in [6, 6.07) is 17.3. The smallest absolute Gasteiger partial charge is 0.118 e. The van der Waals surface area contributed by atoms with Crippen LogP contribution in [-0.4, -0.2) is 26.2 Å². The molecule has 2 aromatic carbocycles. The molecule has 0 saturated carbocycles. The number of methoxy groups -OCH3 is 1. The van der Waals surface area contributed by atoms with E-state index >= 15 is 0 Å². The highest BCUT2D eigenvalue weighted by atomic mass is 16.5. The van der Waals surface area contributed by atoms with Crippen molar-refractivity contribution in [3.8, 4) is 5.75 Å². The first-order valence-corrected chi connectivity index (χ1v) is 7.87. The molecule has 3 heteroatoms. The topological polar surface area (TPSA) is 38.5 Å². The number of rotatable bonds is 3. The van der Waals surface area contributed by atoms with Crippen LogP contribution in [0.15, 0.2) is 48.5 Å². The summed E-state index contributed by atoms with van der Waals surface area (Å²) in [5, 5.41) is 0. The number of hydrogen-bond donors (Lipinski definition) is 1. The number of nitrogens with two attached hydrogens (primary N) is 1. The van der Waals surface area contributed by atoms with Crippen LogP contribution in [0.1, 0.15) is 23.5 Å². The van der Waals surface area contributed by atoms with Gasteiger partial charge in [0.2, 0.25) is 0 Å². The van der Waals surface area contributed by atoms with E-state index < -0.39 is 0 Å². The molecule has 0 aliphatic carbocycles. The summed E-state index contributed by atoms with van der Waals surface area (Å²) >= 11 is 0. The van der Waals surface area contributed by atoms with Crippen molar-refractivity contribution in [2.75, 3.05) is 25.1 Å². The second-order valence-electron chi connectivity index (χ2n) is 6.21. The first-order valence-electron chi connectivity index (χ1n) is 7.87. The zero-order valence-electron chi connectivity index (χ0n) is 13.3. The predicted octanol–water partition coefficient (Wildman–Crippen LogP) is 3.32. The standard InChI is InChI=1S/C19H24N2O/c1-14-3-7-18(8-4-14)21-12-16(11-17(20)13-21)15-5-9-19(22-2)10-6-15/h3-10,16-17H,11-13,20H2,1-2H3. The van der Waals surface area contributed by atoms with Crippen molar-refractivity contribution < 1.29 is 4.74 Å². The lowest BCUT2D eigenvalue weighted by Crippen LogP contribution is -2.46. The van der Waals surface area contributed by atoms with Gasteiger partial charge in [0.15, 0.2) is 0 Å². The van der Waals surface area contributed by atoms with Crippen LogP contribution >= 0.6 is 0 Å². The second-order valence-corrected chi connectivity index (χ2v) is 6.21. The fraction of sp³-hybridized carbons (Fsp3) is 0.368. The average Bonchev–Trinajstić information content (AvgIpc) is 2.55. The molecule has 1 saturated heterocycles. The fourth-order valence-corrected chi connectivity index (χ4v) is 3.22. The number of anilines is 1. The summed E-state index contributed by atoms with van der Waals surface area (Å²) in [6.45, 7) is 4.06. The van der Waals surface area contributed by atoms with Crippen molar-refractivity contribution in [1.82, 2.24) is 0 Å². The van der Waals surface area contributed by atoms with Gasteiger partial charge in [-0.2, -0.15) is 0 Å². The zero-order chi connectivity index (χ0) is 15.5. The van der Waals surface area contributed by atoms with Gasteiger partial charge in [-0.1, -0.05) is 29.8 Å². The highest BCUT2D eigenvalue weighted by Crippen LogP contribution is 2.30. The molecule has 2 atom stereocenters. The molecule has 22 heavy (non-hydrogen) atoms. The number of nitrogens with zero attached hydrogens (tertiary/aromatic N) is 1. The summed E-state index contributed by atoms with van der Waals surface area (Å²) in [7, 11) is 1.70. The van der Waals surface area contributed by atoms with Crippen LogP contribution in [0.5, 0.6) is 5.75 Å². The monoisotopic (exact) mass is 296 g/mol. The summed E-state index contributed by atoms with van der Waals surface area (Å²) in [4.78, 5) is 2.41. The maximum absolute atomic E-state index is 6.31. The molecule has 2 aromatic rings. The number of benzene rings is 2. The van der Waals surface area contributed by atoms with Gasteiger partial charge in [-0.25, -0.2) is 0 Å². The van der Waals surface area contributed by atoms with E-state index in [2.05, 4.69) is 48.2 Å². The van der Waals surface area contributed by atoms with Gasteiger partial charge in [0.05, 0.1) is 7.11 Å². The SMILES string of the molecule is COc1ccc(C2CC(N)CN(c3ccc(C)cc3)C2)cc1. The number of hydrogen-bond acceptors (Lipinski definition) is 3. The molecule has 3 rings (SSSR count). The minimum absolute atomic E-state index is 0.210. The molecule has 3 nitrogen and oxygen atoms in total. The Kier molecular flexibility index (Phi) is 4.34. The lowest BCUT2D eigenvalue weighted by Gasteiger charge is -2.38. The summed E-state index contributed by atoms with van der Waals surface area (Å²) < 4.78 is 5.24. The number of piperidine rings is 1. The highest BCUT2D eigenvalue weighted by Gasteiger charge is 2.26. The van der Waals surface area contributed by atoms with Crippen LogP contribution < -0.4 is 15.4 Å².